The third-order valence-corrected chi connectivity index (χ3v) is 27.5. The number of benzene rings is 8. The van der Waals surface area contributed by atoms with Crippen LogP contribution in [0.3, 0.4) is 0 Å². The molecule has 90 heavy (non-hydrogen) atoms. The van der Waals surface area contributed by atoms with Crippen molar-refractivity contribution in [2.24, 2.45) is 0 Å². The van der Waals surface area contributed by atoms with E-state index in [0.29, 0.717) is 34.5 Å². The van der Waals surface area contributed by atoms with Crippen LogP contribution >= 0.6 is 0 Å². The highest BCUT2D eigenvalue weighted by Crippen LogP contribution is 2.41. The molecule has 1 unspecified atom stereocenters. The minimum atomic E-state index is -2.75. The maximum absolute atomic E-state index is 13.2. The first-order chi connectivity index (χ1) is 42.6. The van der Waals surface area contributed by atoms with Gasteiger partial charge in [-0.2, -0.15) is 0 Å². The van der Waals surface area contributed by atoms with Crippen LogP contribution in [0.5, 0.6) is 46.0 Å². The number of rotatable bonds is 25. The van der Waals surface area contributed by atoms with Gasteiger partial charge in [0.15, 0.2) is 31.3 Å². The lowest BCUT2D eigenvalue weighted by Gasteiger charge is -2.41. The summed E-state index contributed by atoms with van der Waals surface area (Å²) in [6.45, 7) is 28.4. The summed E-state index contributed by atoms with van der Waals surface area (Å²) in [5.41, 5.74) is 7.31. The standard InChI is InChI=1S/C74H86O13Si3/c1-16-88(10,11)68(53-30-48-65(67(51-53)79-9)85-71(77)83-62-43-33-57(34-44-62)73(4,5)55-27-21-18-22-28-55)86-90(14,15)87-89(12,13)49-23-24-52-29-47-64(66(50-52)78-8)84-70(76)82-63-45-37-59(38-46-63)74(6,7)58-35-41-61(42-36-58)81-69(75)80-60-39-31-56(32-40-60)72(2,3)54-25-19-17-20-26-54/h17-22,25-48,50-51,68H,16,23-24,49H2,1-15H3. The third kappa shape index (κ3) is 17.4. The van der Waals surface area contributed by atoms with Crippen LogP contribution in [0.4, 0.5) is 14.4 Å². The minimum Gasteiger partial charge on any atom is -0.493 e. The average molecular weight is 1270 g/mol. The zero-order valence-electron chi connectivity index (χ0n) is 54.7. The van der Waals surface area contributed by atoms with Crippen molar-refractivity contribution in [1.29, 1.82) is 0 Å². The van der Waals surface area contributed by atoms with E-state index < -0.39 is 48.8 Å². The molecule has 0 saturated heterocycles. The molecule has 0 saturated carbocycles. The average Bonchev–Trinajstić information content (AvgIpc) is 1.06. The fourth-order valence-corrected chi connectivity index (χ4v) is 22.3. The van der Waals surface area contributed by atoms with Gasteiger partial charge in [0, 0.05) is 16.2 Å². The zero-order chi connectivity index (χ0) is 65.1. The van der Waals surface area contributed by atoms with Gasteiger partial charge in [0.25, 0.3) is 0 Å². The van der Waals surface area contributed by atoms with Crippen LogP contribution in [-0.2, 0) is 31.2 Å². The lowest BCUT2D eigenvalue weighted by Crippen LogP contribution is -2.50. The number of carbonyl (C=O) groups excluding carboxylic acids is 3. The summed E-state index contributed by atoms with van der Waals surface area (Å²) >= 11 is 0. The molecule has 1 atom stereocenters. The van der Waals surface area contributed by atoms with Gasteiger partial charge >= 0.3 is 27.0 Å². The van der Waals surface area contributed by atoms with E-state index in [9.17, 15) is 14.4 Å². The normalized spacial score (nSPS) is 12.5. The smallest absolute Gasteiger partial charge is 0.493 e. The molecule has 0 amide bonds. The number of aryl methyl sites for hydroxylation is 1. The molecule has 0 aliphatic carbocycles. The van der Waals surface area contributed by atoms with Crippen molar-refractivity contribution in [3.63, 3.8) is 0 Å². The predicted molar refractivity (Wildman–Crippen MR) is 362 cm³/mol. The van der Waals surface area contributed by atoms with Gasteiger partial charge in [0.2, 0.25) is 0 Å². The highest BCUT2D eigenvalue weighted by molar-refractivity contribution is 6.83. The van der Waals surface area contributed by atoms with E-state index in [2.05, 4.69) is 112 Å². The van der Waals surface area contributed by atoms with Gasteiger partial charge in [-0.15, -0.1) is 0 Å². The van der Waals surface area contributed by atoms with E-state index in [1.807, 2.05) is 109 Å². The second-order valence-electron chi connectivity index (χ2n) is 25.9. The fourth-order valence-electron chi connectivity index (χ4n) is 11.1. The molecule has 0 spiro atoms. The molecule has 472 valence electrons. The molecule has 0 aliphatic rings. The summed E-state index contributed by atoms with van der Waals surface area (Å²) < 4.78 is 59.4. The number of hydrogen-bond donors (Lipinski definition) is 0. The molecular weight excluding hydrogens is 1180 g/mol. The zero-order valence-corrected chi connectivity index (χ0v) is 57.7. The molecule has 0 aliphatic heterocycles. The Hall–Kier alpha value is -8.26. The van der Waals surface area contributed by atoms with Gasteiger partial charge in [-0.05, 0) is 162 Å². The van der Waals surface area contributed by atoms with E-state index >= 15 is 0 Å². The van der Waals surface area contributed by atoms with Crippen LogP contribution in [-0.4, -0.2) is 57.6 Å². The first-order valence-electron chi connectivity index (χ1n) is 30.6. The van der Waals surface area contributed by atoms with Gasteiger partial charge < -0.3 is 46.4 Å². The molecule has 8 aromatic rings. The first-order valence-corrected chi connectivity index (χ1v) is 39.8. The lowest BCUT2D eigenvalue weighted by molar-refractivity contribution is 0.149. The number of hydrogen-bond acceptors (Lipinski definition) is 13. The Labute approximate surface area is 534 Å². The van der Waals surface area contributed by atoms with E-state index in [1.165, 1.54) is 18.2 Å². The van der Waals surface area contributed by atoms with Crippen LogP contribution in [0.25, 0.3) is 0 Å². The van der Waals surface area contributed by atoms with Gasteiger partial charge in [-0.1, -0.05) is 189 Å². The van der Waals surface area contributed by atoms with E-state index in [-0.39, 0.29) is 28.1 Å². The Kier molecular flexibility index (Phi) is 21.6. The largest absolute Gasteiger partial charge is 0.519 e. The van der Waals surface area contributed by atoms with E-state index in [1.54, 1.807) is 67.8 Å². The second-order valence-corrected chi connectivity index (χ2v) is 39.0. The summed E-state index contributed by atoms with van der Waals surface area (Å²) in [7, 11) is -3.99. The molecule has 8 aromatic carbocycles. The quantitative estimate of drug-likeness (QED) is 0.0304. The molecule has 0 N–H and O–H groups in total. The van der Waals surface area contributed by atoms with Gasteiger partial charge in [-0.25, -0.2) is 14.4 Å². The monoisotopic (exact) mass is 1270 g/mol. The predicted octanol–water partition coefficient (Wildman–Crippen LogP) is 19.3. The van der Waals surface area contributed by atoms with Crippen LogP contribution in [0.15, 0.2) is 194 Å². The van der Waals surface area contributed by atoms with E-state index in [4.69, 9.17) is 46.4 Å². The molecule has 13 nitrogen and oxygen atoms in total. The first kappa shape index (κ1) is 67.7. The van der Waals surface area contributed by atoms with Crippen LogP contribution in [0, 0.1) is 0 Å². The van der Waals surface area contributed by atoms with E-state index in [0.717, 1.165) is 58.3 Å². The van der Waals surface area contributed by atoms with Crippen LogP contribution in [0.1, 0.15) is 105 Å². The molecule has 0 bridgehead atoms. The summed E-state index contributed by atoms with van der Waals surface area (Å²) in [6, 6.07) is 63.0. The Bertz CT molecular complexity index is 3700. The van der Waals surface area contributed by atoms with Crippen molar-refractivity contribution >= 4 is 43.4 Å². The van der Waals surface area contributed by atoms with Crippen molar-refractivity contribution in [1.82, 2.24) is 0 Å². The van der Waals surface area contributed by atoms with Gasteiger partial charge in [0.05, 0.1) is 28.0 Å². The minimum absolute atomic E-state index is 0.220. The lowest BCUT2D eigenvalue weighted by atomic mass is 9.78. The Morgan fingerprint density at radius 3 is 1.12 bits per heavy atom. The maximum Gasteiger partial charge on any atom is 0.519 e. The number of ether oxygens (including phenoxy) is 8. The maximum atomic E-state index is 13.2. The second kappa shape index (κ2) is 28.7. The third-order valence-electron chi connectivity index (χ3n) is 17.0. The van der Waals surface area contributed by atoms with Gasteiger partial charge in [0.1, 0.15) is 23.0 Å². The van der Waals surface area contributed by atoms with Crippen LogP contribution in [0.2, 0.25) is 51.4 Å². The molecule has 0 radical (unpaired) electrons. The van der Waals surface area contributed by atoms with Crippen molar-refractivity contribution in [2.75, 3.05) is 14.2 Å². The SMILES string of the molecule is CC[Si](C)(C)C(O[Si](C)(C)O[Si](C)(C)CCCc1ccc(OC(=O)Oc2ccc(C(C)(C)c3ccc(OC(=O)Oc4ccc(C(C)(C)c5ccccc5)cc4)cc3)cc2)c(OC)c1)c1ccc(OC(=O)Oc2ccc(C(C)(C)c3ccccc3)cc2)c(OC)c1. The highest BCUT2D eigenvalue weighted by atomic mass is 28.4. The summed E-state index contributed by atoms with van der Waals surface area (Å²) in [5, 5.41) is 0. The molecule has 0 fully saturated rings. The van der Waals surface area contributed by atoms with Crippen molar-refractivity contribution in [3.8, 4) is 46.0 Å². The Morgan fingerprint density at radius 2 is 0.756 bits per heavy atom. The topological polar surface area (TPSA) is 144 Å². The molecule has 0 aromatic heterocycles. The number of methoxy groups -OCH3 is 2. The highest BCUT2D eigenvalue weighted by Gasteiger charge is 2.42. The Morgan fingerprint density at radius 1 is 0.411 bits per heavy atom. The van der Waals surface area contributed by atoms with Gasteiger partial charge in [-0.3, -0.25) is 0 Å². The summed E-state index contributed by atoms with van der Waals surface area (Å²) in [5.74, 6) is 2.69. The number of carbonyl (C=O) groups is 3. The molecular formula is C74H86O13Si3. The molecule has 0 heterocycles. The summed E-state index contributed by atoms with van der Waals surface area (Å²) in [6.07, 6.45) is -0.991. The van der Waals surface area contributed by atoms with Crippen molar-refractivity contribution in [2.45, 2.75) is 135 Å². The van der Waals surface area contributed by atoms with Crippen molar-refractivity contribution < 1.29 is 60.8 Å². The molecule has 8 rings (SSSR count). The fraction of sp³-hybridized carbons (Fsp3) is 0.311. The van der Waals surface area contributed by atoms with Crippen LogP contribution < -0.4 is 37.9 Å². The van der Waals surface area contributed by atoms with Crippen molar-refractivity contribution in [3.05, 3.63) is 239 Å². The summed E-state index contributed by atoms with van der Waals surface area (Å²) in [4.78, 5) is 39.1. The Balaban J connectivity index is 0.796. The molecule has 16 heteroatoms.